The maximum atomic E-state index is 14.6. The maximum Gasteiger partial charge on any atom is 0.419 e. The molecule has 0 unspecified atom stereocenters. The number of halogens is 9. The van der Waals surface area contributed by atoms with Gasteiger partial charge < -0.3 is 31.2 Å². The van der Waals surface area contributed by atoms with E-state index in [0.29, 0.717) is 65.0 Å². The predicted octanol–water partition coefficient (Wildman–Crippen LogP) is 11.2. The van der Waals surface area contributed by atoms with Crippen LogP contribution < -0.4 is 21.7 Å². The summed E-state index contributed by atoms with van der Waals surface area (Å²) in [4.78, 5) is 60.0. The van der Waals surface area contributed by atoms with Gasteiger partial charge in [0.2, 0.25) is 0 Å². The highest BCUT2D eigenvalue weighted by atomic mass is 35.5. The Bertz CT molecular complexity index is 3090. The van der Waals surface area contributed by atoms with E-state index in [-0.39, 0.29) is 64.3 Å². The van der Waals surface area contributed by atoms with E-state index in [2.05, 4.69) is 30.9 Å². The van der Waals surface area contributed by atoms with Crippen LogP contribution in [0.25, 0.3) is 0 Å². The molecule has 9 rings (SSSR count). The number of amides is 3. The molecule has 2 aliphatic rings. The van der Waals surface area contributed by atoms with Crippen molar-refractivity contribution in [3.05, 3.63) is 206 Å². The lowest BCUT2D eigenvalue weighted by Crippen LogP contribution is -2.28. The summed E-state index contributed by atoms with van der Waals surface area (Å²) in [6.45, 7) is -0.186. The predicted molar refractivity (Wildman–Crippen MR) is 255 cm³/mol. The first-order valence-corrected chi connectivity index (χ1v) is 22.0. The van der Waals surface area contributed by atoms with Crippen molar-refractivity contribution in [1.82, 2.24) is 24.8 Å². The van der Waals surface area contributed by atoms with Crippen LogP contribution in [0.1, 0.15) is 79.3 Å². The van der Waals surface area contributed by atoms with Gasteiger partial charge in [-0.1, -0.05) is 23.2 Å². The third-order valence-corrected chi connectivity index (χ3v) is 11.4. The number of benzene rings is 4. The first kappa shape index (κ1) is 53.8. The van der Waals surface area contributed by atoms with Crippen molar-refractivity contribution in [2.45, 2.75) is 51.0 Å². The van der Waals surface area contributed by atoms with E-state index in [1.165, 1.54) is 96.1 Å². The van der Waals surface area contributed by atoms with Gasteiger partial charge in [0, 0.05) is 52.1 Å². The third-order valence-electron chi connectivity index (χ3n) is 10.8. The van der Waals surface area contributed by atoms with Gasteiger partial charge in [0.25, 0.3) is 11.8 Å². The summed E-state index contributed by atoms with van der Waals surface area (Å²) in [5, 5.41) is 7.62. The lowest BCUT2D eigenvalue weighted by molar-refractivity contribution is 0.101. The number of anilines is 2. The molecular formula is C49H39Cl3F6N8O6. The number of carbonyl (C=O) groups excluding carboxylic acids is 4. The molecule has 2 atom stereocenters. The molecule has 0 saturated carbocycles. The SMILES string of the molecule is Cl.N[C@H]1CCc2c(C(=O)Nc3ccc(F)c(Cl)c3)ccc(F)c21.O=C(N[C@H]1CCc2c(C(=O)Nc3ccc(F)c(Cl)c3)ccc(F)c21)OCc1ccc(F)cn1.O=C(OCc1ccc(F)cn1)n1ccnc1. The highest BCUT2D eigenvalue weighted by Gasteiger charge is 2.32. The molecule has 3 aromatic heterocycles. The van der Waals surface area contributed by atoms with E-state index in [1.807, 2.05) is 0 Å². The lowest BCUT2D eigenvalue weighted by atomic mass is 10.0. The van der Waals surface area contributed by atoms with E-state index < -0.39 is 59.1 Å². The van der Waals surface area contributed by atoms with Crippen molar-refractivity contribution in [3.8, 4) is 0 Å². The molecule has 0 radical (unpaired) electrons. The summed E-state index contributed by atoms with van der Waals surface area (Å²) in [5.41, 5.74) is 9.70. The highest BCUT2D eigenvalue weighted by Crippen LogP contribution is 2.37. The number of nitrogens with one attached hydrogen (secondary N) is 3. The number of imidazole rings is 1. The van der Waals surface area contributed by atoms with Crippen molar-refractivity contribution in [2.75, 3.05) is 10.6 Å². The Labute approximate surface area is 422 Å². The van der Waals surface area contributed by atoms with Crippen molar-refractivity contribution in [2.24, 2.45) is 5.73 Å². The Morgan fingerprint density at radius 2 is 1.15 bits per heavy atom. The van der Waals surface area contributed by atoms with E-state index in [4.69, 9.17) is 38.4 Å². The van der Waals surface area contributed by atoms with Crippen LogP contribution in [-0.4, -0.2) is 43.5 Å². The van der Waals surface area contributed by atoms with Crippen LogP contribution in [-0.2, 0) is 35.5 Å². The quantitative estimate of drug-likeness (QED) is 0.101. The number of alkyl carbamates (subject to hydrolysis) is 1. The largest absolute Gasteiger partial charge is 0.443 e. The molecule has 2 aliphatic carbocycles. The molecule has 374 valence electrons. The van der Waals surface area contributed by atoms with Gasteiger partial charge in [-0.25, -0.2) is 45.5 Å². The molecule has 23 heteroatoms. The number of pyridine rings is 2. The van der Waals surface area contributed by atoms with Crippen LogP contribution in [0.4, 0.5) is 47.3 Å². The van der Waals surface area contributed by atoms with E-state index in [1.54, 1.807) is 0 Å². The zero-order valence-electron chi connectivity index (χ0n) is 37.1. The topological polar surface area (TPSA) is 192 Å². The molecule has 0 spiro atoms. The Morgan fingerprint density at radius 1 is 0.653 bits per heavy atom. The average Bonchev–Trinajstić information content (AvgIpc) is 4.14. The van der Waals surface area contributed by atoms with Crippen LogP contribution in [0.2, 0.25) is 10.0 Å². The Kier molecular flexibility index (Phi) is 18.3. The molecule has 0 bridgehead atoms. The van der Waals surface area contributed by atoms with Crippen molar-refractivity contribution in [1.29, 1.82) is 0 Å². The number of nitrogens with two attached hydrogens (primary N) is 1. The fourth-order valence-electron chi connectivity index (χ4n) is 7.46. The van der Waals surface area contributed by atoms with Gasteiger partial charge in [0.15, 0.2) is 0 Å². The van der Waals surface area contributed by atoms with Crippen LogP contribution >= 0.6 is 35.6 Å². The lowest BCUT2D eigenvalue weighted by Gasteiger charge is -2.16. The van der Waals surface area contributed by atoms with E-state index in [0.717, 1.165) is 24.5 Å². The second kappa shape index (κ2) is 24.5. The smallest absolute Gasteiger partial charge is 0.419 e. The second-order valence-electron chi connectivity index (χ2n) is 15.6. The molecule has 0 fully saturated rings. The summed E-state index contributed by atoms with van der Waals surface area (Å²) in [6.07, 6.45) is 6.88. The Balaban J connectivity index is 0.000000188. The average molecular weight is 1060 g/mol. The van der Waals surface area contributed by atoms with Crippen LogP contribution in [0.3, 0.4) is 0 Å². The molecule has 0 saturated heterocycles. The number of hydrogen-bond donors (Lipinski definition) is 4. The maximum absolute atomic E-state index is 14.6. The van der Waals surface area contributed by atoms with E-state index >= 15 is 0 Å². The normalized spacial score (nSPS) is 13.9. The molecule has 0 aliphatic heterocycles. The number of rotatable bonds is 9. The monoisotopic (exact) mass is 1050 g/mol. The van der Waals surface area contributed by atoms with E-state index in [9.17, 15) is 45.5 Å². The zero-order valence-corrected chi connectivity index (χ0v) is 39.4. The van der Waals surface area contributed by atoms with Crippen LogP contribution in [0, 0.1) is 34.9 Å². The number of nitrogens with zero attached hydrogens (tertiary/aromatic N) is 4. The van der Waals surface area contributed by atoms with Crippen LogP contribution in [0.5, 0.6) is 0 Å². The fourth-order valence-corrected chi connectivity index (χ4v) is 7.83. The minimum atomic E-state index is -0.797. The fraction of sp³-hybridized carbons (Fsp3) is 0.163. The van der Waals surface area contributed by atoms with Crippen molar-refractivity contribution >= 4 is 71.0 Å². The highest BCUT2D eigenvalue weighted by molar-refractivity contribution is 6.31. The standard InChI is InChI=1S/C23H17ClF3N3O3.C16H13ClF2N2O.C10H8FN3O2.ClH/c24-17-9-13(3-6-18(17)26)29-22(31)16-4-7-19(27)21-15(16)5-8-20(21)30-23(32)33-11-14-2-1-12(25)10-28-14;17-11-7-8(1-4-12(11)18)21-16(22)10-2-5-13(19)15-9(10)3-6-14(15)20;11-8-1-2-9(13-5-8)6-16-10(15)14-4-3-12-7-14;/h1-4,6-7,9-10,20H,5,8,11H2,(H,29,31)(H,30,32);1-2,4-5,7,14H,3,6,20H2,(H,21,22);1-5,7H,6H2;1H/t20-;14-;;/m00../s1. The van der Waals surface area contributed by atoms with Gasteiger partial charge in [-0.05, 0) is 122 Å². The molecule has 5 N–H and O–H groups in total. The number of aromatic nitrogens is 4. The van der Waals surface area contributed by atoms with Gasteiger partial charge in [-0.2, -0.15) is 0 Å². The summed E-state index contributed by atoms with van der Waals surface area (Å²) in [7, 11) is 0. The third kappa shape index (κ3) is 13.7. The number of fused-ring (bicyclic) bond motifs is 2. The summed E-state index contributed by atoms with van der Waals surface area (Å²) >= 11 is 11.4. The number of hydrogen-bond acceptors (Lipinski definition) is 10. The molecule has 3 heterocycles. The molecule has 72 heavy (non-hydrogen) atoms. The van der Waals surface area contributed by atoms with Gasteiger partial charge in [-0.3, -0.25) is 19.6 Å². The molecule has 7 aromatic rings. The number of carbonyl (C=O) groups is 4. The minimum absolute atomic E-state index is 0. The van der Waals surface area contributed by atoms with Crippen molar-refractivity contribution in [3.63, 3.8) is 0 Å². The van der Waals surface area contributed by atoms with Gasteiger partial charge >= 0.3 is 12.2 Å². The first-order chi connectivity index (χ1) is 34.0. The Hall–Kier alpha value is -7.52. The molecule has 14 nitrogen and oxygen atoms in total. The van der Waals surface area contributed by atoms with Gasteiger partial charge in [-0.15, -0.1) is 12.4 Å². The van der Waals surface area contributed by atoms with Gasteiger partial charge in [0.05, 0.1) is 39.9 Å². The zero-order chi connectivity index (χ0) is 50.8. The summed E-state index contributed by atoms with van der Waals surface area (Å²) < 4.78 is 91.6. The number of ether oxygens (including phenoxy) is 2. The summed E-state index contributed by atoms with van der Waals surface area (Å²) in [6, 6.07) is 17.1. The Morgan fingerprint density at radius 3 is 1.65 bits per heavy atom. The molecule has 3 amide bonds. The first-order valence-electron chi connectivity index (χ1n) is 21.2. The second-order valence-corrected chi connectivity index (χ2v) is 16.4. The van der Waals surface area contributed by atoms with Crippen molar-refractivity contribution < 1.29 is 55.0 Å². The molecular weight excluding hydrogens is 1020 g/mol. The summed E-state index contributed by atoms with van der Waals surface area (Å²) in [5.74, 6) is -3.97. The van der Waals surface area contributed by atoms with Gasteiger partial charge in [0.1, 0.15) is 54.4 Å². The van der Waals surface area contributed by atoms with Crippen LogP contribution in [0.15, 0.2) is 116 Å². The minimum Gasteiger partial charge on any atom is -0.443 e. The molecule has 4 aromatic carbocycles.